The number of aliphatic imine (C=N–C) groups is 1. The summed E-state index contributed by atoms with van der Waals surface area (Å²) in [6.45, 7) is 3.08. The molecule has 1 atom stereocenters. The molecule has 1 nitrogen and oxygen atoms in total. The molecule has 0 amide bonds. The maximum Gasteiger partial charge on any atom is 0.0518 e. The molecule has 3 rings (SSSR count). The third kappa shape index (κ3) is 2.72. The van der Waals surface area contributed by atoms with Crippen LogP contribution in [0.1, 0.15) is 23.6 Å². The van der Waals surface area contributed by atoms with Gasteiger partial charge in [0.05, 0.1) is 6.54 Å². The lowest BCUT2D eigenvalue weighted by molar-refractivity contribution is 0.606. The summed E-state index contributed by atoms with van der Waals surface area (Å²) in [6, 6.07) is 19.5. The van der Waals surface area contributed by atoms with Crippen LogP contribution in [0.4, 0.5) is 0 Å². The van der Waals surface area contributed by atoms with E-state index in [1.54, 1.807) is 0 Å². The highest BCUT2D eigenvalue weighted by Crippen LogP contribution is 2.28. The van der Waals surface area contributed by atoms with Crippen molar-refractivity contribution in [1.29, 1.82) is 0 Å². The molecule has 0 fully saturated rings. The molecule has 2 aromatic carbocycles. The molecule has 1 aliphatic heterocycles. The van der Waals surface area contributed by atoms with Gasteiger partial charge in [0.15, 0.2) is 0 Å². The molecule has 100 valence electrons. The van der Waals surface area contributed by atoms with Crippen molar-refractivity contribution >= 4 is 6.21 Å². The maximum atomic E-state index is 4.39. The zero-order valence-corrected chi connectivity index (χ0v) is 11.8. The van der Waals surface area contributed by atoms with E-state index in [-0.39, 0.29) is 5.41 Å². The van der Waals surface area contributed by atoms with Crippen molar-refractivity contribution in [3.8, 4) is 0 Å². The Bertz CT molecular complexity index is 623. The average Bonchev–Trinajstić information content (AvgIpc) is 2.50. The van der Waals surface area contributed by atoms with Crippen LogP contribution in [0.25, 0.3) is 0 Å². The molecular weight excluding hydrogens is 242 g/mol. The molecule has 0 saturated heterocycles. The van der Waals surface area contributed by atoms with Crippen molar-refractivity contribution in [1.82, 2.24) is 0 Å². The number of rotatable bonds is 3. The fourth-order valence-electron chi connectivity index (χ4n) is 2.63. The lowest BCUT2D eigenvalue weighted by atomic mass is 9.81. The summed E-state index contributed by atoms with van der Waals surface area (Å²) in [7, 11) is 0. The first-order valence-electron chi connectivity index (χ1n) is 7.07. The summed E-state index contributed by atoms with van der Waals surface area (Å²) in [5, 5.41) is 0. The monoisotopic (exact) mass is 261 g/mol. The Morgan fingerprint density at radius 1 is 0.950 bits per heavy atom. The van der Waals surface area contributed by atoms with E-state index in [2.05, 4.69) is 72.6 Å². The van der Waals surface area contributed by atoms with E-state index >= 15 is 0 Å². The standard InChI is InChI=1S/C19H19N/c1-19(12-5-13-20-15-19)18-10-8-17(9-11-18)14-16-6-3-2-4-7-16/h2-13H,14-15H2,1H3. The molecular formula is C19H19N. The Balaban J connectivity index is 1.78. The molecule has 20 heavy (non-hydrogen) atoms. The second-order valence-electron chi connectivity index (χ2n) is 5.63. The third-order valence-electron chi connectivity index (χ3n) is 3.94. The number of dihydropyridines is 1. The van der Waals surface area contributed by atoms with E-state index in [4.69, 9.17) is 0 Å². The minimum absolute atomic E-state index is 0.0417. The lowest BCUT2D eigenvalue weighted by Gasteiger charge is -2.26. The molecule has 0 aromatic heterocycles. The predicted octanol–water partition coefficient (Wildman–Crippen LogP) is 4.18. The fourth-order valence-corrected chi connectivity index (χ4v) is 2.63. The highest BCUT2D eigenvalue weighted by Gasteiger charge is 2.23. The number of benzene rings is 2. The number of nitrogens with zero attached hydrogens (tertiary/aromatic N) is 1. The van der Waals surface area contributed by atoms with Gasteiger partial charge in [-0.3, -0.25) is 4.99 Å². The zero-order valence-electron chi connectivity index (χ0n) is 11.8. The summed E-state index contributed by atoms with van der Waals surface area (Å²) in [5.74, 6) is 0. The summed E-state index contributed by atoms with van der Waals surface area (Å²) < 4.78 is 0. The molecule has 0 aliphatic carbocycles. The van der Waals surface area contributed by atoms with Crippen LogP contribution in [0, 0.1) is 0 Å². The van der Waals surface area contributed by atoms with Gasteiger partial charge in [0.2, 0.25) is 0 Å². The van der Waals surface area contributed by atoms with Gasteiger partial charge in [0.25, 0.3) is 0 Å². The normalized spacial score (nSPS) is 21.1. The molecule has 2 aromatic rings. The second kappa shape index (κ2) is 5.46. The van der Waals surface area contributed by atoms with Gasteiger partial charge in [-0.1, -0.05) is 67.6 Å². The first-order valence-corrected chi connectivity index (χ1v) is 7.07. The van der Waals surface area contributed by atoms with Gasteiger partial charge >= 0.3 is 0 Å². The minimum Gasteiger partial charge on any atom is -0.292 e. The first-order chi connectivity index (χ1) is 9.76. The van der Waals surface area contributed by atoms with Crippen LogP contribution in [0.3, 0.4) is 0 Å². The van der Waals surface area contributed by atoms with Crippen LogP contribution in [-0.4, -0.2) is 12.8 Å². The largest absolute Gasteiger partial charge is 0.292 e. The van der Waals surface area contributed by atoms with Crippen molar-refractivity contribution in [2.45, 2.75) is 18.8 Å². The van der Waals surface area contributed by atoms with Crippen molar-refractivity contribution in [2.75, 3.05) is 6.54 Å². The quantitative estimate of drug-likeness (QED) is 0.786. The number of allylic oxidation sites excluding steroid dienone is 1. The van der Waals surface area contributed by atoms with E-state index in [1.165, 1.54) is 16.7 Å². The molecule has 1 heterocycles. The van der Waals surface area contributed by atoms with Gasteiger partial charge in [-0.15, -0.1) is 0 Å². The molecule has 0 N–H and O–H groups in total. The molecule has 1 unspecified atom stereocenters. The summed E-state index contributed by atoms with van der Waals surface area (Å²) >= 11 is 0. The molecule has 0 bridgehead atoms. The average molecular weight is 261 g/mol. The van der Waals surface area contributed by atoms with Crippen LogP contribution in [-0.2, 0) is 11.8 Å². The van der Waals surface area contributed by atoms with E-state index < -0.39 is 0 Å². The zero-order chi connectivity index (χ0) is 13.8. The van der Waals surface area contributed by atoms with Gasteiger partial charge in [0.1, 0.15) is 0 Å². The molecule has 1 heteroatoms. The van der Waals surface area contributed by atoms with Crippen LogP contribution in [0.15, 0.2) is 71.7 Å². The molecule has 0 radical (unpaired) electrons. The maximum absolute atomic E-state index is 4.39. The number of hydrogen-bond donors (Lipinski definition) is 0. The molecule has 1 aliphatic rings. The first kappa shape index (κ1) is 12.9. The van der Waals surface area contributed by atoms with Gasteiger partial charge < -0.3 is 0 Å². The van der Waals surface area contributed by atoms with E-state index in [0.717, 1.165) is 13.0 Å². The lowest BCUT2D eigenvalue weighted by Crippen LogP contribution is -2.24. The molecule has 0 saturated carbocycles. The van der Waals surface area contributed by atoms with Crippen LogP contribution in [0.2, 0.25) is 0 Å². The predicted molar refractivity (Wildman–Crippen MR) is 85.5 cm³/mol. The van der Waals surface area contributed by atoms with Gasteiger partial charge in [0, 0.05) is 11.6 Å². The third-order valence-corrected chi connectivity index (χ3v) is 3.94. The second-order valence-corrected chi connectivity index (χ2v) is 5.63. The molecule has 0 spiro atoms. The van der Waals surface area contributed by atoms with Gasteiger partial charge in [-0.05, 0) is 29.2 Å². The van der Waals surface area contributed by atoms with Crippen LogP contribution in [0.5, 0.6) is 0 Å². The topological polar surface area (TPSA) is 12.4 Å². The van der Waals surface area contributed by atoms with Crippen molar-refractivity contribution in [2.24, 2.45) is 4.99 Å². The van der Waals surface area contributed by atoms with Crippen molar-refractivity contribution in [3.63, 3.8) is 0 Å². The van der Waals surface area contributed by atoms with Crippen LogP contribution < -0.4 is 0 Å². The Hall–Kier alpha value is -2.15. The minimum atomic E-state index is 0.0417. The van der Waals surface area contributed by atoms with Crippen molar-refractivity contribution < 1.29 is 0 Å². The van der Waals surface area contributed by atoms with Crippen molar-refractivity contribution in [3.05, 3.63) is 83.4 Å². The van der Waals surface area contributed by atoms with Gasteiger partial charge in [-0.2, -0.15) is 0 Å². The summed E-state index contributed by atoms with van der Waals surface area (Å²) in [5.41, 5.74) is 4.09. The highest BCUT2D eigenvalue weighted by atomic mass is 14.7. The Kier molecular flexibility index (Phi) is 3.51. The Morgan fingerprint density at radius 3 is 2.30 bits per heavy atom. The van der Waals surface area contributed by atoms with Crippen LogP contribution >= 0.6 is 0 Å². The van der Waals surface area contributed by atoms with E-state index in [9.17, 15) is 0 Å². The summed E-state index contributed by atoms with van der Waals surface area (Å²) in [6.07, 6.45) is 7.16. The van der Waals surface area contributed by atoms with Gasteiger partial charge in [-0.25, -0.2) is 0 Å². The summed E-state index contributed by atoms with van der Waals surface area (Å²) in [4.78, 5) is 4.39. The number of hydrogen-bond acceptors (Lipinski definition) is 1. The SMILES string of the molecule is CC1(c2ccc(Cc3ccccc3)cc2)C=CC=NC1. The smallest absolute Gasteiger partial charge is 0.0518 e. The Labute approximate surface area is 120 Å². The highest BCUT2D eigenvalue weighted by molar-refractivity contribution is 5.73. The fraction of sp³-hybridized carbons (Fsp3) is 0.211. The van der Waals surface area contributed by atoms with E-state index in [1.807, 2.05) is 12.3 Å². The Morgan fingerprint density at radius 2 is 1.65 bits per heavy atom. The van der Waals surface area contributed by atoms with E-state index in [0.29, 0.717) is 0 Å².